The first-order valence-corrected chi connectivity index (χ1v) is 25.6. The summed E-state index contributed by atoms with van der Waals surface area (Å²) in [7, 11) is 0. The van der Waals surface area contributed by atoms with Crippen molar-refractivity contribution in [3.63, 3.8) is 0 Å². The smallest absolute Gasteiger partial charge is 0.410 e. The van der Waals surface area contributed by atoms with E-state index in [2.05, 4.69) is 5.32 Å². The monoisotopic (exact) mass is 1030 g/mol. The van der Waals surface area contributed by atoms with Crippen molar-refractivity contribution >= 4 is 30.1 Å². The summed E-state index contributed by atoms with van der Waals surface area (Å²) < 4.78 is 55.9. The molecule has 4 saturated heterocycles. The number of alkyl carbamates (subject to hydrolysis) is 1. The van der Waals surface area contributed by atoms with Crippen LogP contribution in [-0.2, 0) is 53.1 Å². The van der Waals surface area contributed by atoms with Gasteiger partial charge in [-0.15, -0.1) is 0 Å². The van der Waals surface area contributed by atoms with Crippen LogP contribution < -0.4 is 11.1 Å². The molecule has 0 aromatic heterocycles. The summed E-state index contributed by atoms with van der Waals surface area (Å²) in [5, 5.41) is 2.79. The van der Waals surface area contributed by atoms with Crippen LogP contribution in [0.4, 0.5) is 23.2 Å². The number of likely N-dealkylation sites (tertiary alicyclic amines) is 4. The lowest BCUT2D eigenvalue weighted by molar-refractivity contribution is -0.139. The summed E-state index contributed by atoms with van der Waals surface area (Å²) in [5.41, 5.74) is 6.39. The molecule has 3 aromatic carbocycles. The van der Waals surface area contributed by atoms with Crippen molar-refractivity contribution < 1.29 is 56.4 Å². The van der Waals surface area contributed by atoms with Crippen LogP contribution in [-0.4, -0.2) is 136 Å². The molecule has 4 fully saturated rings. The number of nitrogens with zero attached hydrogens (tertiary/aromatic N) is 4. The number of carbonyl (C=O) groups excluding carboxylic acids is 5. The molecule has 0 aliphatic carbocycles. The van der Waals surface area contributed by atoms with E-state index >= 15 is 0 Å². The number of halogens is 2. The molecular formula is C56H78F2N6O10. The number of nitrogens with one attached hydrogen (secondary N) is 1. The summed E-state index contributed by atoms with van der Waals surface area (Å²) in [6.07, 6.45) is -1.27. The van der Waals surface area contributed by atoms with Crippen LogP contribution in [0.25, 0.3) is 0 Å². The number of hydrogen-bond acceptors (Lipinski definition) is 11. The maximum atomic E-state index is 14.1. The molecule has 3 aromatic rings. The van der Waals surface area contributed by atoms with Crippen molar-refractivity contribution in [3.05, 3.63) is 107 Å². The second kappa shape index (κ2) is 23.4. The topological polar surface area (TPSA) is 183 Å². The molecule has 18 heteroatoms. The van der Waals surface area contributed by atoms with Crippen molar-refractivity contribution in [1.29, 1.82) is 0 Å². The van der Waals surface area contributed by atoms with E-state index in [1.807, 2.05) is 113 Å². The summed E-state index contributed by atoms with van der Waals surface area (Å²) in [4.78, 5) is 73.1. The molecule has 16 nitrogen and oxygen atoms in total. The number of carbonyl (C=O) groups is 5. The largest absolute Gasteiger partial charge is 0.445 e. The Hall–Kier alpha value is -5.85. The van der Waals surface area contributed by atoms with E-state index in [-0.39, 0.29) is 73.4 Å². The molecule has 8 atom stereocenters. The van der Waals surface area contributed by atoms with Gasteiger partial charge in [0.25, 0.3) is 0 Å². The zero-order valence-corrected chi connectivity index (χ0v) is 45.2. The Balaban J connectivity index is 0.000000250. The first-order chi connectivity index (χ1) is 34.5. The molecule has 0 unspecified atom stereocenters. The molecule has 4 heterocycles. The Bertz CT molecular complexity index is 2400. The van der Waals surface area contributed by atoms with Crippen LogP contribution in [0.3, 0.4) is 0 Å². The summed E-state index contributed by atoms with van der Waals surface area (Å²) in [6.45, 7) is 24.3. The molecule has 0 saturated carbocycles. The number of hydrogen-bond donors (Lipinski definition) is 2. The minimum Gasteiger partial charge on any atom is -0.445 e. The van der Waals surface area contributed by atoms with E-state index in [0.29, 0.717) is 32.5 Å². The Morgan fingerprint density at radius 1 is 0.568 bits per heavy atom. The molecule has 7 rings (SSSR count). The van der Waals surface area contributed by atoms with E-state index < -0.39 is 65.2 Å². The summed E-state index contributed by atoms with van der Waals surface area (Å²) >= 11 is 0. The van der Waals surface area contributed by atoms with Crippen molar-refractivity contribution in [2.75, 3.05) is 26.2 Å². The van der Waals surface area contributed by atoms with Crippen molar-refractivity contribution in [2.24, 2.45) is 16.6 Å². The maximum absolute atomic E-state index is 14.1. The van der Waals surface area contributed by atoms with Crippen molar-refractivity contribution in [3.8, 4) is 0 Å². The Morgan fingerprint density at radius 3 is 1.36 bits per heavy atom. The predicted octanol–water partition coefficient (Wildman–Crippen LogP) is 8.58. The predicted molar refractivity (Wildman–Crippen MR) is 274 cm³/mol. The fraction of sp³-hybridized carbons (Fsp3) is 0.589. The lowest BCUT2D eigenvalue weighted by atomic mass is 9.85. The standard InChI is InChI=1S/C32H42FN3O6.C24H36FN3O4/c1-31(2,3)27(34-29(38)41-20-21-10-8-7-9-11-21)28(37)35-17-16-24-26(35)25(18-36(24)30(39)42-32(4,5)6)40-19-22-12-14-23(33)15-13-22;1-23(2,3)20(26)21(29)27-12-11-17-19(27)18(13-28(17)22(30)32-24(4,5)6)31-14-15-7-9-16(25)10-8-15/h7-15,24-27H,16-20H2,1-6H3,(H,34,38);7-10,17-20H,11-14,26H2,1-6H3/t24-,25+,26+,27-;17-,18+,19+,20-/m11/s1. The van der Waals surface area contributed by atoms with E-state index in [1.165, 1.54) is 24.3 Å². The Labute approximate surface area is 435 Å². The quantitative estimate of drug-likeness (QED) is 0.176. The normalized spacial score (nSPS) is 22.5. The number of rotatable bonds is 11. The van der Waals surface area contributed by atoms with Gasteiger partial charge >= 0.3 is 18.3 Å². The first kappa shape index (κ1) is 57.4. The second-order valence-electron chi connectivity index (χ2n) is 23.8. The Morgan fingerprint density at radius 2 is 0.973 bits per heavy atom. The van der Waals surface area contributed by atoms with Crippen molar-refractivity contribution in [2.45, 2.75) is 175 Å². The number of fused-ring (bicyclic) bond motifs is 2. The van der Waals surface area contributed by atoms with E-state index in [1.54, 1.807) is 43.9 Å². The second-order valence-corrected chi connectivity index (χ2v) is 23.8. The minimum atomic E-state index is -0.882. The van der Waals surface area contributed by atoms with E-state index in [9.17, 15) is 32.8 Å². The molecule has 4 aliphatic rings. The highest BCUT2D eigenvalue weighted by atomic mass is 19.1. The third kappa shape index (κ3) is 14.9. The zero-order valence-electron chi connectivity index (χ0n) is 45.2. The van der Waals surface area contributed by atoms with E-state index in [4.69, 9.17) is 29.4 Å². The average Bonchev–Trinajstić information content (AvgIpc) is 4.10. The number of nitrogens with two attached hydrogens (primary N) is 1. The van der Waals surface area contributed by atoms with Gasteiger partial charge in [-0.25, -0.2) is 23.2 Å². The molecule has 0 radical (unpaired) electrons. The number of benzene rings is 3. The fourth-order valence-electron chi connectivity index (χ4n) is 9.74. The molecule has 74 heavy (non-hydrogen) atoms. The number of amides is 5. The van der Waals surface area contributed by atoms with Gasteiger partial charge in [-0.2, -0.15) is 0 Å². The van der Waals surface area contributed by atoms with Gasteiger partial charge in [0, 0.05) is 13.1 Å². The lowest BCUT2D eigenvalue weighted by Gasteiger charge is -2.36. The molecule has 4 aliphatic heterocycles. The van der Waals surface area contributed by atoms with Crippen LogP contribution in [0.1, 0.15) is 113 Å². The molecular weight excluding hydrogens is 955 g/mol. The van der Waals surface area contributed by atoms with E-state index in [0.717, 1.165) is 16.7 Å². The molecule has 406 valence electrons. The minimum absolute atomic E-state index is 0.0797. The molecule has 0 spiro atoms. The van der Waals surface area contributed by atoms with Crippen LogP contribution >= 0.6 is 0 Å². The highest BCUT2D eigenvalue weighted by Crippen LogP contribution is 2.38. The third-order valence-electron chi connectivity index (χ3n) is 13.5. The zero-order chi connectivity index (χ0) is 54.5. The van der Waals surface area contributed by atoms with Gasteiger partial charge in [0.15, 0.2) is 0 Å². The maximum Gasteiger partial charge on any atom is 0.410 e. The van der Waals surface area contributed by atoms with Gasteiger partial charge in [0.2, 0.25) is 11.8 Å². The van der Waals surface area contributed by atoms with Crippen LogP contribution in [0.5, 0.6) is 0 Å². The lowest BCUT2D eigenvalue weighted by Crippen LogP contribution is -2.57. The molecule has 3 N–H and O–H groups in total. The van der Waals surface area contributed by atoms with Gasteiger partial charge in [-0.3, -0.25) is 9.59 Å². The van der Waals surface area contributed by atoms with Gasteiger partial charge in [0.05, 0.1) is 68.7 Å². The first-order valence-electron chi connectivity index (χ1n) is 25.6. The Kier molecular flexibility index (Phi) is 18.1. The van der Waals surface area contributed by atoms with Gasteiger partial charge in [-0.1, -0.05) is 96.1 Å². The summed E-state index contributed by atoms with van der Waals surface area (Å²) in [5.74, 6) is -1.06. The van der Waals surface area contributed by atoms with Gasteiger partial charge < -0.3 is 54.3 Å². The molecule has 0 bridgehead atoms. The fourth-order valence-corrected chi connectivity index (χ4v) is 9.74. The van der Waals surface area contributed by atoms with Gasteiger partial charge in [0.1, 0.15) is 35.5 Å². The van der Waals surface area contributed by atoms with Crippen LogP contribution in [0, 0.1) is 22.5 Å². The highest BCUT2D eigenvalue weighted by Gasteiger charge is 2.56. The molecule has 5 amide bonds. The highest BCUT2D eigenvalue weighted by molar-refractivity contribution is 5.87. The van der Waals surface area contributed by atoms with Crippen LogP contribution in [0.2, 0.25) is 0 Å². The van der Waals surface area contributed by atoms with Crippen molar-refractivity contribution in [1.82, 2.24) is 24.9 Å². The number of ether oxygens (including phenoxy) is 5. The van der Waals surface area contributed by atoms with Gasteiger partial charge in [-0.05, 0) is 106 Å². The average molecular weight is 1030 g/mol. The van der Waals surface area contributed by atoms with Crippen LogP contribution in [0.15, 0.2) is 78.9 Å². The SMILES string of the molecule is CC(C)(C)OC(=O)N1C[C@H](OCc2ccc(F)cc2)[C@@H]2[C@H]1CCN2C(=O)[C@@H](N)C(C)(C)C.CC(C)(C)OC(=O)N1C[C@H](OCc2ccc(F)cc2)[C@@H]2[C@H]1CCN2C(=O)[C@@H](NC(=O)OCc1ccccc1)C(C)(C)C. The third-order valence-corrected chi connectivity index (χ3v) is 13.5. The summed E-state index contributed by atoms with van der Waals surface area (Å²) in [6, 6.07) is 18.6.